The quantitative estimate of drug-likeness (QED) is 0.781. The van der Waals surface area contributed by atoms with Gasteiger partial charge in [-0.15, -0.1) is 0 Å². The van der Waals surface area contributed by atoms with Crippen molar-refractivity contribution in [2.75, 3.05) is 51.7 Å². The minimum absolute atomic E-state index is 0.794. The van der Waals surface area contributed by atoms with Crippen molar-refractivity contribution in [2.24, 2.45) is 0 Å². The highest BCUT2D eigenvalue weighted by atomic mass is 15.3. The van der Waals surface area contributed by atoms with Crippen LogP contribution in [0.2, 0.25) is 0 Å². The summed E-state index contributed by atoms with van der Waals surface area (Å²) in [6.45, 7) is 9.31. The normalized spacial score (nSPS) is 16.7. The maximum atomic E-state index is 4.28. The number of hydrogen-bond donors (Lipinski definition) is 0. The maximum absolute atomic E-state index is 4.28. The highest BCUT2D eigenvalue weighted by molar-refractivity contribution is 5.35. The van der Waals surface area contributed by atoms with E-state index in [9.17, 15) is 0 Å². The Kier molecular flexibility index (Phi) is 4.15. The molecule has 98 valence electrons. The van der Waals surface area contributed by atoms with Gasteiger partial charge in [0.25, 0.3) is 0 Å². The lowest BCUT2D eigenvalue weighted by molar-refractivity contribution is 0.185. The van der Waals surface area contributed by atoms with E-state index in [1.165, 1.54) is 0 Å². The van der Waals surface area contributed by atoms with Gasteiger partial charge in [-0.25, -0.2) is 4.98 Å². The summed E-state index contributed by atoms with van der Waals surface area (Å²) in [5.41, 5.74) is 1.15. The molecule has 0 N–H and O–H groups in total. The molecule has 2 heterocycles. The molecular formula is C13H21N5. The summed E-state index contributed by atoms with van der Waals surface area (Å²) in [7, 11) is 4.18. The van der Waals surface area contributed by atoms with Crippen LogP contribution in [0.25, 0.3) is 0 Å². The first-order chi connectivity index (χ1) is 8.66. The summed E-state index contributed by atoms with van der Waals surface area (Å²) < 4.78 is 0. The lowest BCUT2D eigenvalue weighted by Crippen LogP contribution is -2.45. The fourth-order valence-corrected chi connectivity index (χ4v) is 2.07. The highest BCUT2D eigenvalue weighted by Crippen LogP contribution is 2.11. The van der Waals surface area contributed by atoms with Crippen LogP contribution < -0.4 is 4.90 Å². The molecule has 0 spiro atoms. The number of aromatic nitrogens is 2. The second-order valence-electron chi connectivity index (χ2n) is 4.78. The van der Waals surface area contributed by atoms with Crippen molar-refractivity contribution in [2.45, 2.75) is 0 Å². The maximum Gasteiger partial charge on any atom is 0.147 e. The highest BCUT2D eigenvalue weighted by Gasteiger charge is 2.16. The zero-order valence-electron chi connectivity index (χ0n) is 11.2. The smallest absolute Gasteiger partial charge is 0.147 e. The largest absolute Gasteiger partial charge is 0.371 e. The average Bonchev–Trinajstić information content (AvgIpc) is 2.40. The zero-order chi connectivity index (χ0) is 13.0. The van der Waals surface area contributed by atoms with Gasteiger partial charge in [0.05, 0.1) is 12.7 Å². The van der Waals surface area contributed by atoms with Crippen molar-refractivity contribution in [3.05, 3.63) is 30.9 Å². The molecule has 1 aliphatic heterocycles. The summed E-state index contributed by atoms with van der Waals surface area (Å²) in [6, 6.07) is 0. The van der Waals surface area contributed by atoms with Gasteiger partial charge < -0.3 is 14.7 Å². The van der Waals surface area contributed by atoms with Gasteiger partial charge in [-0.05, 0) is 7.05 Å². The van der Waals surface area contributed by atoms with Crippen LogP contribution in [-0.4, -0.2) is 66.6 Å². The number of hydrogen-bond acceptors (Lipinski definition) is 5. The van der Waals surface area contributed by atoms with Gasteiger partial charge in [0.2, 0.25) is 0 Å². The average molecular weight is 247 g/mol. The molecule has 1 fully saturated rings. The first kappa shape index (κ1) is 12.8. The third-order valence-corrected chi connectivity index (χ3v) is 3.31. The molecule has 18 heavy (non-hydrogen) atoms. The summed E-state index contributed by atoms with van der Waals surface area (Å²) >= 11 is 0. The molecule has 1 aliphatic rings. The number of likely N-dealkylation sites (N-methyl/N-ethyl adjacent to an activating group) is 2. The lowest BCUT2D eigenvalue weighted by Gasteiger charge is -2.36. The third-order valence-electron chi connectivity index (χ3n) is 3.31. The number of anilines is 1. The summed E-state index contributed by atoms with van der Waals surface area (Å²) in [6.07, 6.45) is 5.17. The predicted molar refractivity (Wildman–Crippen MR) is 73.5 cm³/mol. The molecule has 0 amide bonds. The van der Waals surface area contributed by atoms with Crippen LogP contribution in [0.15, 0.2) is 30.9 Å². The van der Waals surface area contributed by atoms with Gasteiger partial charge in [0.15, 0.2) is 0 Å². The van der Waals surface area contributed by atoms with Crippen molar-refractivity contribution in [3.63, 3.8) is 0 Å². The van der Waals surface area contributed by atoms with Crippen LogP contribution in [0, 0.1) is 0 Å². The molecule has 0 unspecified atom stereocenters. The number of nitrogens with zero attached hydrogens (tertiary/aromatic N) is 5. The van der Waals surface area contributed by atoms with E-state index in [-0.39, 0.29) is 0 Å². The Morgan fingerprint density at radius 1 is 1.33 bits per heavy atom. The second kappa shape index (κ2) is 5.82. The molecule has 0 atom stereocenters. The fourth-order valence-electron chi connectivity index (χ4n) is 2.07. The molecule has 0 aliphatic carbocycles. The molecule has 0 radical (unpaired) electrons. The first-order valence-electron chi connectivity index (χ1n) is 6.25. The van der Waals surface area contributed by atoms with Crippen LogP contribution in [0.4, 0.5) is 5.82 Å². The molecule has 2 rings (SSSR count). The van der Waals surface area contributed by atoms with E-state index in [1.54, 1.807) is 18.6 Å². The fraction of sp³-hybridized carbons (Fsp3) is 0.538. The van der Waals surface area contributed by atoms with Crippen molar-refractivity contribution in [1.82, 2.24) is 19.8 Å². The molecule has 0 aromatic carbocycles. The molecular weight excluding hydrogens is 226 g/mol. The molecule has 1 aromatic rings. The molecule has 1 saturated heterocycles. The van der Waals surface area contributed by atoms with E-state index in [0.29, 0.717) is 0 Å². The van der Waals surface area contributed by atoms with Crippen molar-refractivity contribution in [1.29, 1.82) is 0 Å². The molecule has 5 nitrogen and oxygen atoms in total. The Morgan fingerprint density at radius 3 is 2.67 bits per heavy atom. The van der Waals surface area contributed by atoms with Crippen LogP contribution in [0.5, 0.6) is 0 Å². The minimum Gasteiger partial charge on any atom is -0.371 e. The van der Waals surface area contributed by atoms with Crippen LogP contribution >= 0.6 is 0 Å². The molecule has 0 saturated carbocycles. The monoisotopic (exact) mass is 247 g/mol. The first-order valence-corrected chi connectivity index (χ1v) is 6.25. The van der Waals surface area contributed by atoms with Gasteiger partial charge >= 0.3 is 0 Å². The van der Waals surface area contributed by atoms with E-state index in [4.69, 9.17) is 0 Å². The lowest BCUT2D eigenvalue weighted by atomic mass is 10.3. The topological polar surface area (TPSA) is 35.5 Å². The number of rotatable bonds is 4. The summed E-state index contributed by atoms with van der Waals surface area (Å²) in [5.74, 6) is 0.882. The van der Waals surface area contributed by atoms with Crippen LogP contribution in [0.1, 0.15) is 0 Å². The summed E-state index contributed by atoms with van der Waals surface area (Å²) in [4.78, 5) is 15.1. The molecule has 1 aromatic heterocycles. The zero-order valence-corrected chi connectivity index (χ0v) is 11.2. The summed E-state index contributed by atoms with van der Waals surface area (Å²) in [5, 5.41) is 0. The van der Waals surface area contributed by atoms with Gasteiger partial charge in [0.1, 0.15) is 5.82 Å². The standard InChI is InChI=1S/C13H21N5/c1-12(18-8-6-16(2)7-9-18)11-17(3)13-10-14-4-5-15-13/h4-5,10H,1,6-9,11H2,2-3H3. The molecule has 0 bridgehead atoms. The van der Waals surface area contributed by atoms with Crippen molar-refractivity contribution < 1.29 is 0 Å². The Hall–Kier alpha value is -1.62. The van der Waals surface area contributed by atoms with Crippen molar-refractivity contribution >= 4 is 5.82 Å². The second-order valence-corrected chi connectivity index (χ2v) is 4.78. The van der Waals surface area contributed by atoms with Gasteiger partial charge in [-0.3, -0.25) is 4.98 Å². The Bertz CT molecular complexity index is 384. The Balaban J connectivity index is 1.87. The van der Waals surface area contributed by atoms with E-state index in [1.807, 2.05) is 7.05 Å². The van der Waals surface area contributed by atoms with E-state index in [0.717, 1.165) is 44.2 Å². The van der Waals surface area contributed by atoms with E-state index >= 15 is 0 Å². The Morgan fingerprint density at radius 2 is 2.06 bits per heavy atom. The number of piperazine rings is 1. The van der Waals surface area contributed by atoms with Crippen LogP contribution in [0.3, 0.4) is 0 Å². The van der Waals surface area contributed by atoms with E-state index < -0.39 is 0 Å². The predicted octanol–water partition coefficient (Wildman–Crippen LogP) is 0.674. The van der Waals surface area contributed by atoms with Crippen molar-refractivity contribution in [3.8, 4) is 0 Å². The SMILES string of the molecule is C=C(CN(C)c1cnccn1)N1CCN(C)CC1. The van der Waals surface area contributed by atoms with Gasteiger partial charge in [-0.1, -0.05) is 6.58 Å². The third kappa shape index (κ3) is 3.20. The van der Waals surface area contributed by atoms with Gasteiger partial charge in [0, 0.05) is 51.3 Å². The minimum atomic E-state index is 0.794. The molecule has 5 heteroatoms. The van der Waals surface area contributed by atoms with E-state index in [2.05, 4.69) is 38.3 Å². The Labute approximate surface area is 109 Å². The van der Waals surface area contributed by atoms with Gasteiger partial charge in [-0.2, -0.15) is 0 Å². The van der Waals surface area contributed by atoms with Crippen LogP contribution in [-0.2, 0) is 0 Å².